The maximum absolute atomic E-state index is 11.8. The molecule has 0 heterocycles. The molecule has 2 atom stereocenters. The zero-order valence-electron chi connectivity index (χ0n) is 22.4. The van der Waals surface area contributed by atoms with Gasteiger partial charge in [0, 0.05) is 26.2 Å². The summed E-state index contributed by atoms with van der Waals surface area (Å²) in [6, 6.07) is 14.9. The molecule has 0 aliphatic rings. The molecule has 0 aromatic heterocycles. The fourth-order valence-corrected chi connectivity index (χ4v) is 3.35. The number of nitrogens with two attached hydrogens (primary N) is 2. The fourth-order valence-electron chi connectivity index (χ4n) is 3.35. The summed E-state index contributed by atoms with van der Waals surface area (Å²) >= 11 is 0. The molecule has 2 rings (SSSR count). The van der Waals surface area contributed by atoms with Crippen LogP contribution in [0.25, 0.3) is 0 Å². The van der Waals surface area contributed by atoms with Crippen molar-refractivity contribution in [2.45, 2.75) is 44.5 Å². The topological polar surface area (TPSA) is 208 Å². The zero-order chi connectivity index (χ0) is 29.2. The van der Waals surface area contributed by atoms with Gasteiger partial charge in [-0.3, -0.25) is 0 Å². The van der Waals surface area contributed by atoms with E-state index in [2.05, 4.69) is 10.6 Å². The normalized spacial score (nSPS) is 13.2. The van der Waals surface area contributed by atoms with Crippen LogP contribution in [0.15, 0.2) is 48.5 Å². The Labute approximate surface area is 233 Å². The number of carbonyl (C=O) groups excluding carboxylic acids is 2. The first kappa shape index (κ1) is 32.9. The second-order valence-corrected chi connectivity index (χ2v) is 8.99. The SMILES string of the molecule is NCc1cccc(CNC(=O)OCC(O)COCC(O)COCC(O)COC(=O)NCc2cccc(CN)c2)c1. The van der Waals surface area contributed by atoms with Crippen LogP contribution < -0.4 is 22.1 Å². The second kappa shape index (κ2) is 18.9. The number of carbonyl (C=O) groups is 2. The Morgan fingerprint density at radius 1 is 0.625 bits per heavy atom. The first-order valence-electron chi connectivity index (χ1n) is 12.9. The van der Waals surface area contributed by atoms with Crippen LogP contribution in [0.2, 0.25) is 0 Å². The molecule has 2 aromatic rings. The minimum absolute atomic E-state index is 0.152. The fraction of sp³-hybridized carbons (Fsp3) is 0.481. The van der Waals surface area contributed by atoms with Gasteiger partial charge in [-0.1, -0.05) is 48.5 Å². The molecule has 13 heteroatoms. The van der Waals surface area contributed by atoms with Crippen LogP contribution in [-0.4, -0.2) is 85.5 Å². The lowest BCUT2D eigenvalue weighted by Gasteiger charge is -2.16. The monoisotopic (exact) mass is 564 g/mol. The van der Waals surface area contributed by atoms with E-state index in [9.17, 15) is 24.9 Å². The van der Waals surface area contributed by atoms with Crippen molar-refractivity contribution >= 4 is 12.2 Å². The van der Waals surface area contributed by atoms with Crippen LogP contribution in [0.1, 0.15) is 22.3 Å². The summed E-state index contributed by atoms with van der Waals surface area (Å²) in [7, 11) is 0. The van der Waals surface area contributed by atoms with Gasteiger partial charge in [-0.25, -0.2) is 9.59 Å². The summed E-state index contributed by atoms with van der Waals surface area (Å²) in [4.78, 5) is 23.6. The minimum atomic E-state index is -1.09. The summed E-state index contributed by atoms with van der Waals surface area (Å²) in [5.74, 6) is 0. The van der Waals surface area contributed by atoms with Crippen LogP contribution in [0.4, 0.5) is 9.59 Å². The Balaban J connectivity index is 1.47. The summed E-state index contributed by atoms with van der Waals surface area (Å²) in [6.07, 6.45) is -4.59. The van der Waals surface area contributed by atoms with Gasteiger partial charge in [-0.15, -0.1) is 0 Å². The van der Waals surface area contributed by atoms with E-state index in [4.69, 9.17) is 30.4 Å². The number of alkyl carbamates (subject to hydrolysis) is 2. The predicted octanol–water partition coefficient (Wildman–Crippen LogP) is -0.127. The molecule has 0 spiro atoms. The van der Waals surface area contributed by atoms with E-state index < -0.39 is 30.5 Å². The summed E-state index contributed by atoms with van der Waals surface area (Å²) in [5.41, 5.74) is 14.8. The van der Waals surface area contributed by atoms with E-state index in [1.807, 2.05) is 48.5 Å². The first-order chi connectivity index (χ1) is 19.3. The predicted molar refractivity (Wildman–Crippen MR) is 145 cm³/mol. The van der Waals surface area contributed by atoms with E-state index in [1.54, 1.807) is 0 Å². The molecule has 13 nitrogen and oxygen atoms in total. The number of nitrogens with one attached hydrogen (secondary N) is 2. The third-order valence-corrected chi connectivity index (χ3v) is 5.38. The van der Waals surface area contributed by atoms with Crippen molar-refractivity contribution in [2.75, 3.05) is 39.6 Å². The Hall–Kier alpha value is -3.30. The molecule has 2 amide bonds. The van der Waals surface area contributed by atoms with Gasteiger partial charge in [0.15, 0.2) is 0 Å². The molecule has 0 saturated heterocycles. The molecule has 2 unspecified atom stereocenters. The van der Waals surface area contributed by atoms with E-state index in [1.165, 1.54) is 0 Å². The number of hydrogen-bond acceptors (Lipinski definition) is 11. The Morgan fingerprint density at radius 2 is 0.975 bits per heavy atom. The van der Waals surface area contributed by atoms with Crippen molar-refractivity contribution in [3.05, 3.63) is 70.8 Å². The van der Waals surface area contributed by atoms with E-state index in [0.29, 0.717) is 13.1 Å². The molecule has 40 heavy (non-hydrogen) atoms. The highest BCUT2D eigenvalue weighted by molar-refractivity contribution is 5.67. The minimum Gasteiger partial charge on any atom is -0.447 e. The van der Waals surface area contributed by atoms with Gasteiger partial charge >= 0.3 is 12.2 Å². The number of rotatable bonds is 18. The lowest BCUT2D eigenvalue weighted by atomic mass is 10.1. The van der Waals surface area contributed by atoms with E-state index >= 15 is 0 Å². The standard InChI is InChI=1S/C27H40N4O9/c28-9-19-3-1-5-21(7-19)11-30-26(35)39-17-24(33)15-37-13-23(32)14-38-16-25(34)18-40-27(36)31-12-22-6-2-4-20(8-22)10-29/h1-8,23-25,32-34H,9-18,28-29H2,(H,30,35)(H,31,36). The van der Waals surface area contributed by atoms with Crippen LogP contribution in [0.3, 0.4) is 0 Å². The number of benzene rings is 2. The lowest BCUT2D eigenvalue weighted by molar-refractivity contribution is -0.0639. The highest BCUT2D eigenvalue weighted by Crippen LogP contribution is 2.05. The molecular weight excluding hydrogens is 524 g/mol. The number of aliphatic hydroxyl groups excluding tert-OH is 3. The quantitative estimate of drug-likeness (QED) is 0.127. The Bertz CT molecular complexity index is 948. The summed E-state index contributed by atoms with van der Waals surface area (Å²) in [6.45, 7) is 0.0689. The van der Waals surface area contributed by atoms with Gasteiger partial charge in [-0.2, -0.15) is 0 Å². The number of hydrogen-bond donors (Lipinski definition) is 7. The van der Waals surface area contributed by atoms with Crippen molar-refractivity contribution < 1.29 is 43.9 Å². The number of amides is 2. The lowest BCUT2D eigenvalue weighted by Crippen LogP contribution is -2.32. The van der Waals surface area contributed by atoms with E-state index in [0.717, 1.165) is 22.3 Å². The largest absolute Gasteiger partial charge is 0.447 e. The van der Waals surface area contributed by atoms with Crippen molar-refractivity contribution in [3.63, 3.8) is 0 Å². The van der Waals surface area contributed by atoms with Gasteiger partial charge in [0.1, 0.15) is 31.5 Å². The number of aliphatic hydroxyl groups is 3. The molecule has 2 aromatic carbocycles. The molecule has 0 fully saturated rings. The number of ether oxygens (including phenoxy) is 4. The molecule has 222 valence electrons. The Morgan fingerprint density at radius 3 is 1.35 bits per heavy atom. The third kappa shape index (κ3) is 14.2. The third-order valence-electron chi connectivity index (χ3n) is 5.38. The van der Waals surface area contributed by atoms with E-state index in [-0.39, 0.29) is 52.7 Å². The highest BCUT2D eigenvalue weighted by atomic mass is 16.6. The average molecular weight is 565 g/mol. The van der Waals surface area contributed by atoms with Gasteiger partial charge in [0.25, 0.3) is 0 Å². The van der Waals surface area contributed by atoms with Crippen LogP contribution in [-0.2, 0) is 45.1 Å². The molecule has 0 bridgehead atoms. The maximum Gasteiger partial charge on any atom is 0.407 e. The Kier molecular flexibility index (Phi) is 15.5. The molecule has 9 N–H and O–H groups in total. The molecule has 0 saturated carbocycles. The van der Waals surface area contributed by atoms with Crippen molar-refractivity contribution in [1.29, 1.82) is 0 Å². The first-order valence-corrected chi connectivity index (χ1v) is 12.9. The highest BCUT2D eigenvalue weighted by Gasteiger charge is 2.13. The van der Waals surface area contributed by atoms with Crippen LogP contribution >= 0.6 is 0 Å². The smallest absolute Gasteiger partial charge is 0.407 e. The average Bonchev–Trinajstić information content (AvgIpc) is 2.97. The van der Waals surface area contributed by atoms with Gasteiger partial charge in [0.05, 0.1) is 26.4 Å². The van der Waals surface area contributed by atoms with Crippen LogP contribution in [0, 0.1) is 0 Å². The second-order valence-electron chi connectivity index (χ2n) is 8.99. The van der Waals surface area contributed by atoms with Crippen molar-refractivity contribution in [2.24, 2.45) is 11.5 Å². The van der Waals surface area contributed by atoms with Crippen molar-refractivity contribution in [3.8, 4) is 0 Å². The molecular formula is C27H40N4O9. The van der Waals surface area contributed by atoms with Crippen LogP contribution in [0.5, 0.6) is 0 Å². The van der Waals surface area contributed by atoms with Gasteiger partial charge in [0.2, 0.25) is 0 Å². The van der Waals surface area contributed by atoms with Crippen molar-refractivity contribution in [1.82, 2.24) is 10.6 Å². The zero-order valence-corrected chi connectivity index (χ0v) is 22.4. The molecule has 0 aliphatic heterocycles. The van der Waals surface area contributed by atoms with Gasteiger partial charge < -0.3 is 56.4 Å². The summed E-state index contributed by atoms with van der Waals surface area (Å²) < 4.78 is 20.3. The van der Waals surface area contributed by atoms with Gasteiger partial charge in [-0.05, 0) is 22.3 Å². The summed E-state index contributed by atoms with van der Waals surface area (Å²) in [5, 5.41) is 34.9. The molecule has 0 radical (unpaired) electrons. The molecule has 0 aliphatic carbocycles. The maximum atomic E-state index is 11.8.